The van der Waals surface area contributed by atoms with Crippen LogP contribution in [0.25, 0.3) is 10.9 Å². The van der Waals surface area contributed by atoms with Gasteiger partial charge >= 0.3 is 0 Å². The van der Waals surface area contributed by atoms with Crippen LogP contribution >= 0.6 is 11.6 Å². The summed E-state index contributed by atoms with van der Waals surface area (Å²) in [6.45, 7) is 0.435. The van der Waals surface area contributed by atoms with E-state index in [1.54, 1.807) is 17.0 Å². The molecule has 6 nitrogen and oxygen atoms in total. The van der Waals surface area contributed by atoms with Gasteiger partial charge < -0.3 is 10.2 Å². The summed E-state index contributed by atoms with van der Waals surface area (Å²) in [6, 6.07) is 11.5. The van der Waals surface area contributed by atoms with Crippen LogP contribution in [0, 0.1) is 11.3 Å². The van der Waals surface area contributed by atoms with Gasteiger partial charge in [-0.15, -0.1) is 0 Å². The normalized spacial score (nSPS) is 10.5. The minimum atomic E-state index is -0.175. The van der Waals surface area contributed by atoms with E-state index >= 15 is 0 Å². The molecular weight excluding hydrogens is 352 g/mol. The molecule has 0 spiro atoms. The molecule has 2 heterocycles. The number of carbonyl (C=O) groups is 1. The third-order valence-electron chi connectivity index (χ3n) is 3.82. The number of carbonyl (C=O) groups excluding carboxylic acids is 1. The zero-order valence-corrected chi connectivity index (χ0v) is 14.7. The summed E-state index contributed by atoms with van der Waals surface area (Å²) in [4.78, 5) is 22.0. The van der Waals surface area contributed by atoms with E-state index < -0.39 is 0 Å². The summed E-state index contributed by atoms with van der Waals surface area (Å²) in [5.74, 6) is -0.175. The number of nitrogens with zero attached hydrogens (tertiary/aromatic N) is 3. The monoisotopic (exact) mass is 368 g/mol. The van der Waals surface area contributed by atoms with E-state index in [1.807, 2.05) is 30.5 Å². The highest BCUT2D eigenvalue weighted by Gasteiger charge is 2.13. The van der Waals surface area contributed by atoms with E-state index in [-0.39, 0.29) is 12.3 Å². The molecule has 3 aromatic rings. The molecule has 1 aromatic carbocycles. The van der Waals surface area contributed by atoms with Crippen LogP contribution in [0.3, 0.4) is 0 Å². The molecule has 26 heavy (non-hydrogen) atoms. The largest absolute Gasteiger partial charge is 0.414 e. The molecule has 0 bridgehead atoms. The number of benzene rings is 1. The lowest BCUT2D eigenvalue weighted by molar-refractivity contribution is -0.115. The van der Waals surface area contributed by atoms with Crippen molar-refractivity contribution in [2.24, 2.45) is 0 Å². The van der Waals surface area contributed by atoms with Crippen LogP contribution < -0.4 is 10.2 Å². The lowest BCUT2D eigenvalue weighted by Gasteiger charge is -2.06. The van der Waals surface area contributed by atoms with Gasteiger partial charge in [0.25, 0.3) is 0 Å². The number of fused-ring (bicyclic) bond motifs is 1. The molecule has 0 fully saturated rings. The highest BCUT2D eigenvalue weighted by atomic mass is 35.5. The summed E-state index contributed by atoms with van der Waals surface area (Å²) in [5.41, 5.74) is 2.26. The maximum atomic E-state index is 12.4. The third kappa shape index (κ3) is 4.13. The van der Waals surface area contributed by atoms with E-state index in [4.69, 9.17) is 21.7 Å². The van der Waals surface area contributed by atoms with Crippen molar-refractivity contribution in [3.05, 3.63) is 59.5 Å². The lowest BCUT2D eigenvalue weighted by Crippen LogP contribution is -2.15. The van der Waals surface area contributed by atoms with Gasteiger partial charge in [-0.1, -0.05) is 29.8 Å². The molecule has 0 aliphatic rings. The number of pyridine rings is 1. The molecule has 0 unspecified atom stereocenters. The average Bonchev–Trinajstić information content (AvgIpc) is 2.98. The fraction of sp³-hybridized carbons (Fsp3) is 0.211. The molecule has 0 radical (unpaired) electrons. The number of aromatic nitrogens is 2. The number of hydrogen-bond acceptors (Lipinski definition) is 4. The molecule has 0 saturated carbocycles. The van der Waals surface area contributed by atoms with Crippen molar-refractivity contribution in [1.82, 2.24) is 9.71 Å². The molecule has 0 aliphatic carbocycles. The summed E-state index contributed by atoms with van der Waals surface area (Å²) in [6.07, 6.45) is 6.15. The SMILES string of the molecule is N#CCCCOn1cc(CC(=O)Nc2ccncc2Cl)c2ccccc21. The molecule has 0 atom stereocenters. The fourth-order valence-corrected chi connectivity index (χ4v) is 2.79. The van der Waals surface area contributed by atoms with E-state index in [1.165, 1.54) is 6.20 Å². The molecular formula is C19H17ClN4O2. The van der Waals surface area contributed by atoms with Crippen LogP contribution in [-0.2, 0) is 11.2 Å². The van der Waals surface area contributed by atoms with Gasteiger partial charge in [0.1, 0.15) is 6.61 Å². The minimum absolute atomic E-state index is 0.175. The van der Waals surface area contributed by atoms with Crippen LogP contribution in [0.5, 0.6) is 0 Å². The van der Waals surface area contributed by atoms with Crippen molar-refractivity contribution in [2.45, 2.75) is 19.3 Å². The van der Waals surface area contributed by atoms with Crippen LogP contribution in [0.15, 0.2) is 48.9 Å². The number of nitriles is 1. The number of hydrogen-bond donors (Lipinski definition) is 1. The second-order valence-corrected chi connectivity index (χ2v) is 6.08. The minimum Gasteiger partial charge on any atom is -0.414 e. The van der Waals surface area contributed by atoms with Crippen LogP contribution in [-0.4, -0.2) is 22.2 Å². The molecule has 0 saturated heterocycles. The number of amides is 1. The zero-order valence-electron chi connectivity index (χ0n) is 14.0. The Kier molecular flexibility index (Phi) is 5.72. The Labute approximate surface area is 155 Å². The molecule has 132 valence electrons. The topological polar surface area (TPSA) is 79.9 Å². The molecule has 1 amide bonds. The number of rotatable bonds is 7. The van der Waals surface area contributed by atoms with Gasteiger partial charge in [0, 0.05) is 30.4 Å². The van der Waals surface area contributed by atoms with Gasteiger partial charge in [-0.05, 0) is 24.1 Å². The van der Waals surface area contributed by atoms with Gasteiger partial charge in [0.15, 0.2) is 0 Å². The van der Waals surface area contributed by atoms with Crippen molar-refractivity contribution >= 4 is 34.1 Å². The Hall–Kier alpha value is -3.04. The van der Waals surface area contributed by atoms with Gasteiger partial charge in [-0.2, -0.15) is 9.99 Å². The molecule has 7 heteroatoms. The zero-order chi connectivity index (χ0) is 18.4. The van der Waals surface area contributed by atoms with Gasteiger partial charge in [0.2, 0.25) is 5.91 Å². The Morgan fingerprint density at radius 3 is 3.00 bits per heavy atom. The van der Waals surface area contributed by atoms with Crippen molar-refractivity contribution in [3.8, 4) is 6.07 Å². The molecule has 0 aliphatic heterocycles. The standard InChI is InChI=1S/C19H17ClN4O2/c20-16-12-22-9-7-17(16)23-19(25)11-14-13-24(26-10-4-3-8-21)18-6-2-1-5-15(14)18/h1-2,5-7,9,12-13H,3-4,10-11H2,(H,22,23,25). The molecule has 3 rings (SSSR count). The van der Waals surface area contributed by atoms with Crippen molar-refractivity contribution in [1.29, 1.82) is 5.26 Å². The molecule has 2 aromatic heterocycles. The Morgan fingerprint density at radius 1 is 1.35 bits per heavy atom. The van der Waals surface area contributed by atoms with Gasteiger partial charge in [0.05, 0.1) is 28.7 Å². The maximum absolute atomic E-state index is 12.4. The number of unbranched alkanes of at least 4 members (excludes halogenated alkanes) is 1. The summed E-state index contributed by atoms with van der Waals surface area (Å²) < 4.78 is 1.66. The maximum Gasteiger partial charge on any atom is 0.228 e. The van der Waals surface area contributed by atoms with Gasteiger partial charge in [-0.25, -0.2) is 0 Å². The van der Waals surface area contributed by atoms with Crippen LogP contribution in [0.1, 0.15) is 18.4 Å². The Bertz CT molecular complexity index is 962. The quantitative estimate of drug-likeness (QED) is 0.646. The van der Waals surface area contributed by atoms with E-state index in [0.717, 1.165) is 16.5 Å². The number of nitrogens with one attached hydrogen (secondary N) is 1. The number of anilines is 1. The fourth-order valence-electron chi connectivity index (χ4n) is 2.62. The Balaban J connectivity index is 1.76. The van der Waals surface area contributed by atoms with E-state index in [2.05, 4.69) is 16.4 Å². The van der Waals surface area contributed by atoms with E-state index in [9.17, 15) is 4.79 Å². The first kappa shape index (κ1) is 17.8. The number of para-hydroxylation sites is 1. The smallest absolute Gasteiger partial charge is 0.228 e. The highest BCUT2D eigenvalue weighted by Crippen LogP contribution is 2.23. The molecule has 1 N–H and O–H groups in total. The highest BCUT2D eigenvalue weighted by molar-refractivity contribution is 6.33. The van der Waals surface area contributed by atoms with E-state index in [0.29, 0.717) is 30.2 Å². The van der Waals surface area contributed by atoms with Crippen LogP contribution in [0.2, 0.25) is 5.02 Å². The van der Waals surface area contributed by atoms with Crippen molar-refractivity contribution in [3.63, 3.8) is 0 Å². The first-order valence-electron chi connectivity index (χ1n) is 8.17. The summed E-state index contributed by atoms with van der Waals surface area (Å²) in [7, 11) is 0. The lowest BCUT2D eigenvalue weighted by atomic mass is 10.1. The second-order valence-electron chi connectivity index (χ2n) is 5.67. The summed E-state index contributed by atoms with van der Waals surface area (Å²) >= 11 is 6.03. The second kappa shape index (κ2) is 8.37. The average molecular weight is 369 g/mol. The number of halogens is 1. The van der Waals surface area contributed by atoms with Gasteiger partial charge in [-0.3, -0.25) is 9.78 Å². The predicted molar refractivity (Wildman–Crippen MR) is 99.8 cm³/mol. The first-order chi connectivity index (χ1) is 12.7. The predicted octanol–water partition coefficient (Wildman–Crippen LogP) is 3.60. The third-order valence-corrected chi connectivity index (χ3v) is 4.12. The van der Waals surface area contributed by atoms with Crippen molar-refractivity contribution < 1.29 is 9.63 Å². The summed E-state index contributed by atoms with van der Waals surface area (Å²) in [5, 5.41) is 12.7. The first-order valence-corrected chi connectivity index (χ1v) is 8.55. The van der Waals surface area contributed by atoms with Crippen LogP contribution in [0.4, 0.5) is 5.69 Å². The Morgan fingerprint density at radius 2 is 2.19 bits per heavy atom. The van der Waals surface area contributed by atoms with Crippen molar-refractivity contribution in [2.75, 3.05) is 11.9 Å².